The molecule has 1 heterocycles. The highest BCUT2D eigenvalue weighted by atomic mass is 16.7. The fraction of sp³-hybridized carbons (Fsp3) is 0.930. The molecule has 97 heavy (non-hydrogen) atoms. The summed E-state index contributed by atoms with van der Waals surface area (Å²) in [4.78, 5) is 25.2. The smallest absolute Gasteiger partial charge is 0.305 e. The van der Waals surface area contributed by atoms with Crippen molar-refractivity contribution >= 4 is 11.9 Å². The number of amides is 1. The third-order valence-electron chi connectivity index (χ3n) is 20.8. The molecule has 0 aliphatic carbocycles. The summed E-state index contributed by atoms with van der Waals surface area (Å²) in [5.41, 5.74) is 0. The van der Waals surface area contributed by atoms with Gasteiger partial charge < -0.3 is 45.1 Å². The van der Waals surface area contributed by atoms with Crippen molar-refractivity contribution in [2.75, 3.05) is 19.8 Å². The van der Waals surface area contributed by atoms with Crippen molar-refractivity contribution < 1.29 is 49.3 Å². The summed E-state index contributed by atoms with van der Waals surface area (Å²) in [6, 6.07) is -0.806. The van der Waals surface area contributed by atoms with Gasteiger partial charge in [0.15, 0.2) is 6.29 Å². The van der Waals surface area contributed by atoms with Crippen molar-refractivity contribution in [2.24, 2.45) is 0 Å². The number of hydrogen-bond acceptors (Lipinski definition) is 10. The molecule has 7 unspecified atom stereocenters. The van der Waals surface area contributed by atoms with Crippen LogP contribution in [0.5, 0.6) is 0 Å². The number of allylic oxidation sites excluding steroid dienone is 3. The average molecular weight is 1370 g/mol. The van der Waals surface area contributed by atoms with E-state index < -0.39 is 49.5 Å². The Kier molecular flexibility index (Phi) is 72.3. The van der Waals surface area contributed by atoms with Crippen LogP contribution in [0.2, 0.25) is 0 Å². The Morgan fingerprint density at radius 1 is 0.371 bits per heavy atom. The lowest BCUT2D eigenvalue weighted by molar-refractivity contribution is -0.302. The average Bonchev–Trinajstić information content (AvgIpc) is 0.834. The number of carbonyl (C=O) groups excluding carboxylic acids is 2. The SMILES string of the molecule is CCCCCCCCCCCC/C=C/C(O)C(COC1OC(CO)C(O)C(O)C1O)NC(=O)CCCCCCCCCCCCCCCCCCC/C=C\CCCCCCCCCCCCCCCCCCCCOC(=O)CCCCCCCCCCCCCCCCCCCC. The molecule has 0 radical (unpaired) electrons. The van der Waals surface area contributed by atoms with Gasteiger partial charge in [-0.3, -0.25) is 9.59 Å². The Morgan fingerprint density at radius 2 is 0.660 bits per heavy atom. The molecular formula is C86H165NO10. The van der Waals surface area contributed by atoms with Crippen LogP contribution in [0.25, 0.3) is 0 Å². The number of hydrogen-bond donors (Lipinski definition) is 6. The first-order valence-corrected chi connectivity index (χ1v) is 43.1. The zero-order valence-electron chi connectivity index (χ0n) is 64.3. The molecule has 574 valence electrons. The summed E-state index contributed by atoms with van der Waals surface area (Å²) >= 11 is 0. The molecule has 1 saturated heterocycles. The number of carbonyl (C=O) groups is 2. The van der Waals surface area contributed by atoms with Crippen LogP contribution in [0, 0.1) is 0 Å². The molecule has 11 heteroatoms. The number of ether oxygens (including phenoxy) is 3. The van der Waals surface area contributed by atoms with Crippen LogP contribution < -0.4 is 5.32 Å². The lowest BCUT2D eigenvalue weighted by Crippen LogP contribution is -2.60. The van der Waals surface area contributed by atoms with Crippen LogP contribution in [0.1, 0.15) is 450 Å². The zero-order chi connectivity index (χ0) is 70.1. The van der Waals surface area contributed by atoms with Gasteiger partial charge >= 0.3 is 5.97 Å². The molecule has 0 bridgehead atoms. The van der Waals surface area contributed by atoms with E-state index in [1.54, 1.807) is 6.08 Å². The molecule has 11 nitrogen and oxygen atoms in total. The predicted octanol–water partition coefficient (Wildman–Crippen LogP) is 23.9. The van der Waals surface area contributed by atoms with E-state index in [1.807, 2.05) is 6.08 Å². The maximum absolute atomic E-state index is 13.1. The summed E-state index contributed by atoms with van der Waals surface area (Å²) in [5.74, 6) is -0.152. The minimum absolute atomic E-state index is 0.0223. The van der Waals surface area contributed by atoms with Crippen LogP contribution in [0.15, 0.2) is 24.3 Å². The van der Waals surface area contributed by atoms with E-state index in [9.17, 15) is 35.1 Å². The van der Waals surface area contributed by atoms with E-state index in [1.165, 1.54) is 372 Å². The maximum atomic E-state index is 13.1. The molecule has 1 aliphatic heterocycles. The van der Waals surface area contributed by atoms with Gasteiger partial charge in [-0.25, -0.2) is 0 Å². The maximum Gasteiger partial charge on any atom is 0.305 e. The van der Waals surface area contributed by atoms with E-state index >= 15 is 0 Å². The van der Waals surface area contributed by atoms with Crippen LogP contribution in [0.3, 0.4) is 0 Å². The van der Waals surface area contributed by atoms with E-state index in [2.05, 4.69) is 31.3 Å². The van der Waals surface area contributed by atoms with E-state index in [0.29, 0.717) is 19.4 Å². The van der Waals surface area contributed by atoms with Gasteiger partial charge in [-0.2, -0.15) is 0 Å². The highest BCUT2D eigenvalue weighted by molar-refractivity contribution is 5.76. The van der Waals surface area contributed by atoms with Crippen molar-refractivity contribution in [2.45, 2.75) is 493 Å². The first-order valence-electron chi connectivity index (χ1n) is 43.1. The second-order valence-electron chi connectivity index (χ2n) is 30.2. The number of rotatable bonds is 78. The lowest BCUT2D eigenvalue weighted by atomic mass is 9.99. The molecule has 1 aliphatic rings. The zero-order valence-corrected chi connectivity index (χ0v) is 64.3. The van der Waals surface area contributed by atoms with Crippen molar-refractivity contribution in [3.05, 3.63) is 24.3 Å². The molecule has 1 amide bonds. The summed E-state index contributed by atoms with van der Waals surface area (Å²) in [6.07, 6.45) is 88.1. The van der Waals surface area contributed by atoms with Gasteiger partial charge in [-0.05, 0) is 57.8 Å². The molecule has 0 spiro atoms. The fourth-order valence-electron chi connectivity index (χ4n) is 14.1. The number of nitrogens with one attached hydrogen (secondary N) is 1. The molecule has 1 rings (SSSR count). The third kappa shape index (κ3) is 63.6. The van der Waals surface area contributed by atoms with Gasteiger partial charge in [-0.15, -0.1) is 0 Å². The molecule has 0 saturated carbocycles. The minimum Gasteiger partial charge on any atom is -0.466 e. The summed E-state index contributed by atoms with van der Waals surface area (Å²) in [7, 11) is 0. The van der Waals surface area contributed by atoms with Gasteiger partial charge in [0.1, 0.15) is 24.4 Å². The van der Waals surface area contributed by atoms with Gasteiger partial charge in [0.05, 0.1) is 32.0 Å². The number of aliphatic hydroxyl groups is 5. The van der Waals surface area contributed by atoms with Crippen LogP contribution in [-0.2, 0) is 23.8 Å². The monoisotopic (exact) mass is 1370 g/mol. The molecule has 7 atom stereocenters. The quantitative estimate of drug-likeness (QED) is 0.0195. The van der Waals surface area contributed by atoms with Crippen molar-refractivity contribution in [1.82, 2.24) is 5.32 Å². The highest BCUT2D eigenvalue weighted by Crippen LogP contribution is 2.24. The van der Waals surface area contributed by atoms with E-state index in [0.717, 1.165) is 51.4 Å². The molecule has 0 aromatic carbocycles. The summed E-state index contributed by atoms with van der Waals surface area (Å²) < 4.78 is 16.8. The largest absolute Gasteiger partial charge is 0.466 e. The van der Waals surface area contributed by atoms with E-state index in [4.69, 9.17) is 14.2 Å². The van der Waals surface area contributed by atoms with Gasteiger partial charge in [0.25, 0.3) is 0 Å². The van der Waals surface area contributed by atoms with Crippen molar-refractivity contribution in [1.29, 1.82) is 0 Å². The molecule has 1 fully saturated rings. The van der Waals surface area contributed by atoms with Gasteiger partial charge in [0.2, 0.25) is 5.91 Å². The lowest BCUT2D eigenvalue weighted by Gasteiger charge is -2.40. The number of aliphatic hydroxyl groups excluding tert-OH is 5. The first kappa shape index (κ1) is 93.2. The Balaban J connectivity index is 1.85. The van der Waals surface area contributed by atoms with Crippen molar-refractivity contribution in [3.63, 3.8) is 0 Å². The number of esters is 1. The van der Waals surface area contributed by atoms with Gasteiger partial charge in [0, 0.05) is 12.8 Å². The van der Waals surface area contributed by atoms with Crippen molar-refractivity contribution in [3.8, 4) is 0 Å². The first-order chi connectivity index (χ1) is 47.7. The molecular weight excluding hydrogens is 1210 g/mol. The topological polar surface area (TPSA) is 175 Å². The van der Waals surface area contributed by atoms with Gasteiger partial charge in [-0.1, -0.05) is 404 Å². The standard InChI is InChI=1S/C86H165NO10/c1-3-5-7-9-11-13-15-17-18-19-44-47-50-54-58-62-66-70-74-82(91)95-75-71-67-63-59-55-51-48-45-42-40-38-36-34-32-30-28-26-24-22-20-21-23-25-27-29-31-33-35-37-39-41-43-46-49-53-57-61-65-69-73-81(90)87-78(77-96-86-85(94)84(93)83(92)80(76-88)97-86)79(89)72-68-64-60-56-52-16-14-12-10-8-6-4-2/h20-21,68,72,78-80,83-86,88-89,92-94H,3-19,22-67,69-71,73-77H2,1-2H3,(H,87,90)/b21-20-,72-68+. The second-order valence-corrected chi connectivity index (χ2v) is 30.2. The highest BCUT2D eigenvalue weighted by Gasteiger charge is 2.44. The summed E-state index contributed by atoms with van der Waals surface area (Å²) in [6.45, 7) is 4.41. The molecule has 6 N–H and O–H groups in total. The minimum atomic E-state index is -1.57. The van der Waals surface area contributed by atoms with Crippen LogP contribution >= 0.6 is 0 Å². The molecule has 0 aromatic heterocycles. The second kappa shape index (κ2) is 75.3. The fourth-order valence-corrected chi connectivity index (χ4v) is 14.1. The Hall–Kier alpha value is -1.86. The Morgan fingerprint density at radius 3 is 0.990 bits per heavy atom. The van der Waals surface area contributed by atoms with Crippen LogP contribution in [-0.4, -0.2) is 100 Å². The normalized spacial score (nSPS) is 17.3. The van der Waals surface area contributed by atoms with Crippen LogP contribution in [0.4, 0.5) is 0 Å². The third-order valence-corrected chi connectivity index (χ3v) is 20.8. The molecule has 0 aromatic rings. The predicted molar refractivity (Wildman–Crippen MR) is 412 cm³/mol. The summed E-state index contributed by atoms with van der Waals surface area (Å²) in [5, 5.41) is 54.6. The Bertz CT molecular complexity index is 1660. The van der Waals surface area contributed by atoms with E-state index in [-0.39, 0.29) is 18.5 Å². The number of unbranched alkanes of at least 4 members (excludes halogenated alkanes) is 62. The Labute approximate surface area is 601 Å².